The summed E-state index contributed by atoms with van der Waals surface area (Å²) in [5, 5.41) is 0. The minimum absolute atomic E-state index is 0. The van der Waals surface area contributed by atoms with Gasteiger partial charge in [-0.05, 0) is 26.2 Å². The molecule has 0 N–H and O–H groups in total. The standard InChI is InChI=1S/C13H28N2PSi.CH3.Fe/c1-14-10-11-15(2)16(14)12-8-6-7-9-13(12)17(3,4)5;;/h9,12-13H,6-8,10-11H2,1-5H3;1H3;/q2*-1;+2. The van der Waals surface area contributed by atoms with E-state index in [0.717, 1.165) is 11.2 Å². The van der Waals surface area contributed by atoms with Crippen LogP contribution in [-0.2, 0) is 17.1 Å². The molecule has 0 aromatic carbocycles. The van der Waals surface area contributed by atoms with Gasteiger partial charge in [0.05, 0.1) is 0 Å². The quantitative estimate of drug-likeness (QED) is 0.424. The van der Waals surface area contributed by atoms with Gasteiger partial charge in [-0.3, -0.25) is 9.34 Å². The molecule has 19 heavy (non-hydrogen) atoms. The number of hydrogen-bond donors (Lipinski definition) is 0. The van der Waals surface area contributed by atoms with Crippen molar-refractivity contribution in [2.45, 2.75) is 50.1 Å². The van der Waals surface area contributed by atoms with E-state index in [9.17, 15) is 0 Å². The number of likely N-dealkylation sites (N-methyl/N-ethyl adjacent to an activating group) is 2. The molecule has 5 heteroatoms. The predicted molar refractivity (Wildman–Crippen MR) is 87.6 cm³/mol. The first-order chi connectivity index (χ1) is 7.91. The molecule has 1 saturated heterocycles. The van der Waals surface area contributed by atoms with Gasteiger partial charge < -0.3 is 13.8 Å². The van der Waals surface area contributed by atoms with Crippen LogP contribution in [0.1, 0.15) is 19.3 Å². The van der Waals surface area contributed by atoms with Crippen molar-refractivity contribution in [1.29, 1.82) is 0 Å². The molecular formula is C14H31FeN2PSi. The van der Waals surface area contributed by atoms with E-state index in [1.807, 2.05) is 0 Å². The molecule has 2 atom stereocenters. The van der Waals surface area contributed by atoms with Gasteiger partial charge in [0.1, 0.15) is 0 Å². The molecule has 0 bridgehead atoms. The van der Waals surface area contributed by atoms with Crippen molar-refractivity contribution >= 4 is 16.3 Å². The van der Waals surface area contributed by atoms with Crippen LogP contribution in [0.15, 0.2) is 0 Å². The van der Waals surface area contributed by atoms with E-state index in [4.69, 9.17) is 0 Å². The molecular weight excluding hydrogens is 311 g/mol. The zero-order valence-electron chi connectivity index (χ0n) is 13.5. The average molecular weight is 342 g/mol. The molecule has 2 nitrogen and oxygen atoms in total. The Kier molecular flexibility index (Phi) is 8.37. The van der Waals surface area contributed by atoms with Crippen LogP contribution in [0.25, 0.3) is 0 Å². The Morgan fingerprint density at radius 1 is 1.11 bits per heavy atom. The van der Waals surface area contributed by atoms with Crippen LogP contribution >= 0.6 is 8.22 Å². The van der Waals surface area contributed by atoms with E-state index in [2.05, 4.69) is 49.5 Å². The van der Waals surface area contributed by atoms with E-state index >= 15 is 0 Å². The van der Waals surface area contributed by atoms with Crippen LogP contribution in [0.5, 0.6) is 0 Å². The Hall–Kier alpha value is 1.09. The predicted octanol–water partition coefficient (Wildman–Crippen LogP) is 4.09. The minimum Gasteiger partial charge on any atom is -0.358 e. The Morgan fingerprint density at radius 3 is 2.11 bits per heavy atom. The third-order valence-electron chi connectivity index (χ3n) is 4.28. The first-order valence-corrected chi connectivity index (χ1v) is 11.9. The molecule has 2 rings (SSSR count). The van der Waals surface area contributed by atoms with Gasteiger partial charge in [-0.25, -0.2) is 0 Å². The molecule has 2 fully saturated rings. The van der Waals surface area contributed by atoms with Crippen LogP contribution < -0.4 is 0 Å². The third kappa shape index (κ3) is 4.53. The summed E-state index contributed by atoms with van der Waals surface area (Å²) in [6, 6.07) is 0. The van der Waals surface area contributed by atoms with Crippen molar-refractivity contribution in [2.24, 2.45) is 0 Å². The largest absolute Gasteiger partial charge is 2.00 e. The molecule has 0 radical (unpaired) electrons. The molecule has 0 spiro atoms. The molecule has 2 aliphatic rings. The van der Waals surface area contributed by atoms with Crippen LogP contribution in [0.2, 0.25) is 25.2 Å². The van der Waals surface area contributed by atoms with Gasteiger partial charge in [0.2, 0.25) is 0 Å². The Balaban J connectivity index is 0.00000162. The topological polar surface area (TPSA) is 6.48 Å². The van der Waals surface area contributed by atoms with Crippen molar-refractivity contribution in [2.75, 3.05) is 27.2 Å². The van der Waals surface area contributed by atoms with Crippen molar-refractivity contribution in [3.05, 3.63) is 13.8 Å². The fourth-order valence-electron chi connectivity index (χ4n) is 3.41. The summed E-state index contributed by atoms with van der Waals surface area (Å²) in [7, 11) is 3.62. The first-order valence-electron chi connectivity index (χ1n) is 6.96. The maximum Gasteiger partial charge on any atom is 2.00 e. The maximum atomic E-state index is 2.68. The average Bonchev–Trinajstić information content (AvgIpc) is 2.57. The van der Waals surface area contributed by atoms with Crippen molar-refractivity contribution < 1.29 is 17.1 Å². The van der Waals surface area contributed by atoms with Crippen LogP contribution in [0, 0.1) is 13.8 Å². The van der Waals surface area contributed by atoms with Gasteiger partial charge >= 0.3 is 17.1 Å². The van der Waals surface area contributed by atoms with E-state index in [0.29, 0.717) is 0 Å². The molecule has 1 heterocycles. The summed E-state index contributed by atoms with van der Waals surface area (Å²) in [5.41, 5.74) is 1.88. The van der Waals surface area contributed by atoms with E-state index in [-0.39, 0.29) is 32.7 Å². The number of rotatable bonds is 2. The number of hydrogen-bond acceptors (Lipinski definition) is 2. The van der Waals surface area contributed by atoms with Crippen molar-refractivity contribution in [3.63, 3.8) is 0 Å². The molecule has 114 valence electrons. The maximum absolute atomic E-state index is 2.68. The van der Waals surface area contributed by atoms with E-state index < -0.39 is 8.07 Å². The Labute approximate surface area is 134 Å². The summed E-state index contributed by atoms with van der Waals surface area (Å²) in [6.45, 7) is 10.2. The molecule has 1 aliphatic carbocycles. The fraction of sp³-hybridized carbons (Fsp3) is 0.857. The summed E-state index contributed by atoms with van der Waals surface area (Å²) >= 11 is 0. The van der Waals surface area contributed by atoms with Gasteiger partial charge in [-0.2, -0.15) is 12.0 Å². The smallest absolute Gasteiger partial charge is 0.358 e. The number of nitrogens with zero attached hydrogens (tertiary/aromatic N) is 2. The first kappa shape index (κ1) is 20.1. The fourth-order valence-corrected chi connectivity index (χ4v) is 10.3. The summed E-state index contributed by atoms with van der Waals surface area (Å²) < 4.78 is 5.29. The second-order valence-corrected chi connectivity index (χ2v) is 14.8. The normalized spacial score (nSPS) is 30.8. The zero-order chi connectivity index (χ0) is 12.6. The minimum atomic E-state index is -1.04. The molecule has 1 saturated carbocycles. The van der Waals surface area contributed by atoms with Gasteiger partial charge in [-0.15, -0.1) is 0 Å². The van der Waals surface area contributed by atoms with Gasteiger partial charge in [0.25, 0.3) is 0 Å². The Bertz CT molecular complexity index is 261. The summed E-state index contributed by atoms with van der Waals surface area (Å²) in [6.07, 6.45) is 6.93. The summed E-state index contributed by atoms with van der Waals surface area (Å²) in [5.74, 6) is 0. The van der Waals surface area contributed by atoms with Crippen LogP contribution in [-0.4, -0.2) is 50.3 Å². The molecule has 1 aliphatic heterocycles. The van der Waals surface area contributed by atoms with Gasteiger partial charge in [-0.1, -0.05) is 26.1 Å². The second-order valence-electron chi connectivity index (χ2n) is 6.71. The summed E-state index contributed by atoms with van der Waals surface area (Å²) in [4.78, 5) is 0. The van der Waals surface area contributed by atoms with Gasteiger partial charge in [0, 0.05) is 29.4 Å². The molecule has 0 aromatic heterocycles. The molecule has 0 aromatic rings. The molecule has 2 unspecified atom stereocenters. The van der Waals surface area contributed by atoms with Crippen molar-refractivity contribution in [3.8, 4) is 0 Å². The third-order valence-corrected chi connectivity index (χ3v) is 10.2. The van der Waals surface area contributed by atoms with Crippen molar-refractivity contribution in [1.82, 2.24) is 9.34 Å². The van der Waals surface area contributed by atoms with E-state index in [1.165, 1.54) is 32.4 Å². The van der Waals surface area contributed by atoms with Crippen LogP contribution in [0.4, 0.5) is 0 Å². The second kappa shape index (κ2) is 7.91. The molecule has 0 amide bonds. The monoisotopic (exact) mass is 342 g/mol. The van der Waals surface area contributed by atoms with E-state index in [1.54, 1.807) is 0 Å². The Morgan fingerprint density at radius 2 is 1.63 bits per heavy atom. The SMILES string of the molecule is CN1CCN(C)P1C1CCC[CH-]C1[Si](C)(C)C.[CH3-].[Fe+2]. The zero-order valence-corrected chi connectivity index (χ0v) is 16.5. The van der Waals surface area contributed by atoms with Crippen LogP contribution in [0.3, 0.4) is 0 Å². The van der Waals surface area contributed by atoms with Gasteiger partial charge in [0.15, 0.2) is 0 Å².